The van der Waals surface area contributed by atoms with Crippen LogP contribution >= 0.6 is 0 Å². The number of carbonyl (C=O) groups is 2. The third-order valence-electron chi connectivity index (χ3n) is 5.56. The molecule has 4 atom stereocenters. The van der Waals surface area contributed by atoms with Gasteiger partial charge in [0.15, 0.2) is 5.78 Å². The number of rotatable bonds is 2. The van der Waals surface area contributed by atoms with Gasteiger partial charge in [0.05, 0.1) is 12.2 Å². The predicted molar refractivity (Wildman–Crippen MR) is 94.8 cm³/mol. The number of allylic oxidation sites excluding steroid dienone is 2. The van der Waals surface area contributed by atoms with Gasteiger partial charge in [0.25, 0.3) is 0 Å². The molecule has 0 radical (unpaired) electrons. The van der Waals surface area contributed by atoms with Crippen LogP contribution in [0.3, 0.4) is 0 Å². The molecule has 0 spiro atoms. The zero-order valence-electron chi connectivity index (χ0n) is 15.2. The second kappa shape index (κ2) is 6.98. The molecule has 2 aliphatic rings. The van der Waals surface area contributed by atoms with Crippen molar-refractivity contribution in [2.75, 3.05) is 6.61 Å². The van der Waals surface area contributed by atoms with Crippen molar-refractivity contribution >= 4 is 11.6 Å². The summed E-state index contributed by atoms with van der Waals surface area (Å²) in [4.78, 5) is 25.1. The molecule has 0 aliphatic heterocycles. The molecule has 2 rings (SSSR count). The number of hydrogen-bond acceptors (Lipinski definition) is 5. The number of carbonyl (C=O) groups excluding carboxylic acids is 2. The second-order valence-corrected chi connectivity index (χ2v) is 7.74. The van der Waals surface area contributed by atoms with Gasteiger partial charge in [-0.1, -0.05) is 24.3 Å². The molecule has 0 amide bonds. The van der Waals surface area contributed by atoms with Gasteiger partial charge in [-0.05, 0) is 44.8 Å². The lowest BCUT2D eigenvalue weighted by atomic mass is 9.72. The highest BCUT2D eigenvalue weighted by Crippen LogP contribution is 2.44. The summed E-state index contributed by atoms with van der Waals surface area (Å²) in [5.41, 5.74) is -1.60. The summed E-state index contributed by atoms with van der Waals surface area (Å²) in [5, 5.41) is 31.7. The van der Waals surface area contributed by atoms with Crippen molar-refractivity contribution in [1.29, 1.82) is 0 Å². The maximum absolute atomic E-state index is 12.6. The fourth-order valence-electron chi connectivity index (χ4n) is 3.97. The number of Topliss-reactive ketones (excluding diaryl/α,β-unsaturated/α-hetero) is 2. The van der Waals surface area contributed by atoms with E-state index in [1.807, 2.05) is 0 Å². The maximum Gasteiger partial charge on any atom is 0.190 e. The minimum Gasteiger partial charge on any atom is -0.392 e. The highest BCUT2D eigenvalue weighted by Gasteiger charge is 2.54. The van der Waals surface area contributed by atoms with Crippen molar-refractivity contribution < 1.29 is 24.9 Å². The normalized spacial score (nSPS) is 39.1. The van der Waals surface area contributed by atoms with E-state index in [1.54, 1.807) is 32.9 Å². The lowest BCUT2D eigenvalue weighted by Crippen LogP contribution is -2.51. The molecule has 0 aromatic carbocycles. The molecule has 0 saturated carbocycles. The number of ketones is 2. The monoisotopic (exact) mass is 348 g/mol. The SMILES string of the molecule is C=C(C)[C@H]1C/C=C(/CO)C[C@]2(O)C(=O)C(C)=CC2[C@@](C)(O)CCC1=O. The Kier molecular flexibility index (Phi) is 5.52. The summed E-state index contributed by atoms with van der Waals surface area (Å²) < 4.78 is 0. The molecule has 0 bridgehead atoms. The van der Waals surface area contributed by atoms with E-state index < -0.39 is 28.8 Å². The summed E-state index contributed by atoms with van der Waals surface area (Å²) in [6.45, 7) is 8.50. The Morgan fingerprint density at radius 2 is 2.00 bits per heavy atom. The van der Waals surface area contributed by atoms with Crippen LogP contribution in [-0.2, 0) is 9.59 Å². The van der Waals surface area contributed by atoms with Gasteiger partial charge >= 0.3 is 0 Å². The molecule has 138 valence electrons. The predicted octanol–water partition coefficient (Wildman–Crippen LogP) is 1.87. The second-order valence-electron chi connectivity index (χ2n) is 7.74. The first-order valence-electron chi connectivity index (χ1n) is 8.67. The van der Waals surface area contributed by atoms with E-state index in [0.717, 1.165) is 5.57 Å². The first kappa shape index (κ1) is 19.8. The van der Waals surface area contributed by atoms with Crippen molar-refractivity contribution in [2.45, 2.75) is 57.7 Å². The molecule has 2 aliphatic carbocycles. The van der Waals surface area contributed by atoms with Crippen molar-refractivity contribution in [3.05, 3.63) is 35.5 Å². The van der Waals surface area contributed by atoms with Crippen LogP contribution in [0.4, 0.5) is 0 Å². The van der Waals surface area contributed by atoms with E-state index in [9.17, 15) is 24.9 Å². The zero-order valence-corrected chi connectivity index (χ0v) is 15.2. The highest BCUT2D eigenvalue weighted by atomic mass is 16.3. The Labute approximate surface area is 148 Å². The van der Waals surface area contributed by atoms with E-state index in [4.69, 9.17) is 0 Å². The van der Waals surface area contributed by atoms with Crippen molar-refractivity contribution in [3.63, 3.8) is 0 Å². The van der Waals surface area contributed by atoms with Crippen molar-refractivity contribution in [1.82, 2.24) is 0 Å². The lowest BCUT2D eigenvalue weighted by molar-refractivity contribution is -0.146. The Bertz CT molecular complexity index is 655. The maximum atomic E-state index is 12.6. The van der Waals surface area contributed by atoms with Crippen LogP contribution in [0.2, 0.25) is 0 Å². The number of hydrogen-bond donors (Lipinski definition) is 3. The smallest absolute Gasteiger partial charge is 0.190 e. The van der Waals surface area contributed by atoms with Crippen LogP contribution in [-0.4, -0.2) is 44.7 Å². The Morgan fingerprint density at radius 3 is 2.56 bits per heavy atom. The van der Waals surface area contributed by atoms with Gasteiger partial charge in [-0.15, -0.1) is 0 Å². The molecular weight excluding hydrogens is 320 g/mol. The zero-order chi connectivity index (χ0) is 19.0. The molecule has 0 saturated heterocycles. The van der Waals surface area contributed by atoms with Crippen LogP contribution in [0.25, 0.3) is 0 Å². The van der Waals surface area contributed by atoms with E-state index in [-0.39, 0.29) is 31.7 Å². The fraction of sp³-hybridized carbons (Fsp3) is 0.600. The molecule has 0 aromatic rings. The molecule has 5 nitrogen and oxygen atoms in total. The van der Waals surface area contributed by atoms with E-state index in [2.05, 4.69) is 6.58 Å². The number of aliphatic hydroxyl groups is 3. The fourth-order valence-corrected chi connectivity index (χ4v) is 3.97. The highest BCUT2D eigenvalue weighted by molar-refractivity contribution is 6.04. The summed E-state index contributed by atoms with van der Waals surface area (Å²) in [6.07, 6.45) is 3.90. The molecular formula is C20H28O5. The molecule has 3 N–H and O–H groups in total. The number of fused-ring (bicyclic) bond motifs is 1. The van der Waals surface area contributed by atoms with Gasteiger partial charge < -0.3 is 15.3 Å². The summed E-state index contributed by atoms with van der Waals surface area (Å²) in [5.74, 6) is -1.68. The minimum atomic E-state index is -1.80. The van der Waals surface area contributed by atoms with Crippen LogP contribution in [0.15, 0.2) is 35.5 Å². The molecule has 1 unspecified atom stereocenters. The summed E-state index contributed by atoms with van der Waals surface area (Å²) in [6, 6.07) is 0. The van der Waals surface area contributed by atoms with E-state index in [0.29, 0.717) is 17.6 Å². The summed E-state index contributed by atoms with van der Waals surface area (Å²) >= 11 is 0. The Balaban J connectivity index is 2.50. The summed E-state index contributed by atoms with van der Waals surface area (Å²) in [7, 11) is 0. The van der Waals surface area contributed by atoms with Crippen LogP contribution in [0.1, 0.15) is 46.5 Å². The third-order valence-corrected chi connectivity index (χ3v) is 5.56. The van der Waals surface area contributed by atoms with Gasteiger partial charge in [0.1, 0.15) is 11.4 Å². The Morgan fingerprint density at radius 1 is 1.36 bits per heavy atom. The topological polar surface area (TPSA) is 94.8 Å². The quantitative estimate of drug-likeness (QED) is 0.662. The third kappa shape index (κ3) is 3.68. The average molecular weight is 348 g/mol. The molecule has 0 heterocycles. The van der Waals surface area contributed by atoms with Gasteiger partial charge in [-0.3, -0.25) is 9.59 Å². The first-order valence-corrected chi connectivity index (χ1v) is 8.67. The van der Waals surface area contributed by atoms with Gasteiger partial charge in [0.2, 0.25) is 0 Å². The van der Waals surface area contributed by atoms with E-state index >= 15 is 0 Å². The molecule has 25 heavy (non-hydrogen) atoms. The van der Waals surface area contributed by atoms with Crippen molar-refractivity contribution in [3.8, 4) is 0 Å². The first-order chi connectivity index (χ1) is 11.5. The van der Waals surface area contributed by atoms with Crippen LogP contribution in [0, 0.1) is 11.8 Å². The van der Waals surface area contributed by atoms with Crippen LogP contribution in [0.5, 0.6) is 0 Å². The van der Waals surface area contributed by atoms with E-state index in [1.165, 1.54) is 0 Å². The standard InChI is InChI=1S/C20H28O5/c1-12(2)15-6-5-14(11-21)10-20(25)17(9-13(3)18(20)23)19(4,24)8-7-16(15)22/h5,9,15,17,21,24-25H,1,6-8,10-11H2,2-4H3/b14-5+/t15-,17?,19+,20-/m1/s1. The molecule has 5 heteroatoms. The minimum absolute atomic E-state index is 0.0308. The Hall–Kier alpha value is -1.56. The number of aliphatic hydroxyl groups excluding tert-OH is 1. The van der Waals surface area contributed by atoms with Crippen LogP contribution < -0.4 is 0 Å². The average Bonchev–Trinajstić information content (AvgIpc) is 2.75. The van der Waals surface area contributed by atoms with Gasteiger partial charge in [-0.25, -0.2) is 0 Å². The largest absolute Gasteiger partial charge is 0.392 e. The molecule has 0 aromatic heterocycles. The van der Waals surface area contributed by atoms with Crippen molar-refractivity contribution in [2.24, 2.45) is 11.8 Å². The lowest BCUT2D eigenvalue weighted by Gasteiger charge is -2.38. The van der Waals surface area contributed by atoms with Gasteiger partial charge in [-0.2, -0.15) is 0 Å². The van der Waals surface area contributed by atoms with Gasteiger partial charge in [0, 0.05) is 24.7 Å². The molecule has 0 fully saturated rings.